The largest absolute Gasteiger partial charge is 0.496 e. The van der Waals surface area contributed by atoms with Crippen molar-refractivity contribution in [2.45, 2.75) is 6.92 Å². The summed E-state index contributed by atoms with van der Waals surface area (Å²) in [4.78, 5) is 12.4. The molecule has 1 amide bonds. The van der Waals surface area contributed by atoms with Crippen molar-refractivity contribution in [3.63, 3.8) is 0 Å². The topological polar surface area (TPSA) is 67.0 Å². The van der Waals surface area contributed by atoms with Gasteiger partial charge in [0.05, 0.1) is 24.5 Å². The van der Waals surface area contributed by atoms with Gasteiger partial charge in [0, 0.05) is 10.9 Å². The number of methoxy groups -OCH3 is 1. The van der Waals surface area contributed by atoms with Crippen LogP contribution in [0.25, 0.3) is 10.9 Å². The number of benzene rings is 2. The highest BCUT2D eigenvalue weighted by molar-refractivity contribution is 6.08. The van der Waals surface area contributed by atoms with Gasteiger partial charge in [-0.2, -0.15) is 5.10 Å². The molecule has 0 bridgehead atoms. The summed E-state index contributed by atoms with van der Waals surface area (Å²) in [5, 5.41) is 10.7. The number of anilines is 1. The Kier molecular flexibility index (Phi) is 3.31. The third kappa shape index (κ3) is 2.45. The predicted molar refractivity (Wildman–Crippen MR) is 81.8 cm³/mol. The standard InChI is InChI=1S/C16H15N3O2/c1-10-6-7-11(8-14(10)21-2)16(20)18-13-5-3-4-12-9-17-19-15(12)13/h3-9H,1-2H3,(H,17,19)(H,18,20). The number of aromatic amines is 1. The van der Waals surface area contributed by atoms with Crippen molar-refractivity contribution in [2.24, 2.45) is 0 Å². The van der Waals surface area contributed by atoms with Gasteiger partial charge >= 0.3 is 0 Å². The molecule has 3 rings (SSSR count). The molecular formula is C16H15N3O2. The van der Waals surface area contributed by atoms with Gasteiger partial charge < -0.3 is 10.1 Å². The minimum absolute atomic E-state index is 0.185. The maximum Gasteiger partial charge on any atom is 0.255 e. The molecule has 0 atom stereocenters. The SMILES string of the molecule is COc1cc(C(=O)Nc2cccc3cn[nH]c23)ccc1C. The van der Waals surface area contributed by atoms with Crippen LogP contribution in [0.3, 0.4) is 0 Å². The predicted octanol–water partition coefficient (Wildman–Crippen LogP) is 3.13. The second kappa shape index (κ2) is 5.28. The number of rotatable bonds is 3. The zero-order valence-corrected chi connectivity index (χ0v) is 11.8. The summed E-state index contributed by atoms with van der Waals surface area (Å²) in [6.45, 7) is 1.94. The third-order valence-corrected chi connectivity index (χ3v) is 3.40. The average molecular weight is 281 g/mol. The van der Waals surface area contributed by atoms with Crippen LogP contribution < -0.4 is 10.1 Å². The van der Waals surface area contributed by atoms with Gasteiger partial charge in [-0.3, -0.25) is 9.89 Å². The van der Waals surface area contributed by atoms with Crippen LogP contribution in [0, 0.1) is 6.92 Å². The molecule has 0 aliphatic rings. The monoisotopic (exact) mass is 281 g/mol. The van der Waals surface area contributed by atoms with E-state index in [9.17, 15) is 4.79 Å². The molecule has 0 fully saturated rings. The first-order valence-electron chi connectivity index (χ1n) is 6.57. The lowest BCUT2D eigenvalue weighted by Crippen LogP contribution is -2.12. The Labute approximate surface area is 121 Å². The molecule has 21 heavy (non-hydrogen) atoms. The molecule has 2 aromatic carbocycles. The van der Waals surface area contributed by atoms with Gasteiger partial charge in [0.25, 0.3) is 5.91 Å². The normalized spacial score (nSPS) is 10.6. The van der Waals surface area contributed by atoms with Crippen molar-refractivity contribution < 1.29 is 9.53 Å². The first kappa shape index (κ1) is 13.2. The van der Waals surface area contributed by atoms with Crippen LogP contribution in [0.4, 0.5) is 5.69 Å². The van der Waals surface area contributed by atoms with Crippen LogP contribution in [-0.2, 0) is 0 Å². The molecule has 0 saturated heterocycles. The number of ether oxygens (including phenoxy) is 1. The first-order valence-corrected chi connectivity index (χ1v) is 6.57. The van der Waals surface area contributed by atoms with Gasteiger partial charge in [-0.15, -0.1) is 0 Å². The van der Waals surface area contributed by atoms with Crippen molar-refractivity contribution in [2.75, 3.05) is 12.4 Å². The summed E-state index contributed by atoms with van der Waals surface area (Å²) >= 11 is 0. The Morgan fingerprint density at radius 1 is 1.29 bits per heavy atom. The molecule has 0 aliphatic carbocycles. The van der Waals surface area contributed by atoms with E-state index in [1.165, 1.54) is 0 Å². The third-order valence-electron chi connectivity index (χ3n) is 3.40. The van der Waals surface area contributed by atoms with Crippen LogP contribution >= 0.6 is 0 Å². The van der Waals surface area contributed by atoms with E-state index in [2.05, 4.69) is 15.5 Å². The molecule has 1 heterocycles. The highest BCUT2D eigenvalue weighted by atomic mass is 16.5. The number of para-hydroxylation sites is 1. The average Bonchev–Trinajstić information content (AvgIpc) is 2.97. The van der Waals surface area contributed by atoms with E-state index in [1.54, 1.807) is 25.4 Å². The second-order valence-corrected chi connectivity index (χ2v) is 4.78. The van der Waals surface area contributed by atoms with Crippen molar-refractivity contribution in [3.8, 4) is 5.75 Å². The quantitative estimate of drug-likeness (QED) is 0.775. The Bertz CT molecular complexity index is 808. The smallest absolute Gasteiger partial charge is 0.255 e. The molecule has 5 heteroatoms. The number of aromatic nitrogens is 2. The number of aryl methyl sites for hydroxylation is 1. The fourth-order valence-corrected chi connectivity index (χ4v) is 2.23. The molecular weight excluding hydrogens is 266 g/mol. The number of H-pyrrole nitrogens is 1. The Balaban J connectivity index is 1.91. The summed E-state index contributed by atoms with van der Waals surface area (Å²) in [5.41, 5.74) is 3.05. The first-order chi connectivity index (χ1) is 10.2. The Morgan fingerprint density at radius 3 is 2.95 bits per heavy atom. The molecule has 0 saturated carbocycles. The molecule has 2 N–H and O–H groups in total. The lowest BCUT2D eigenvalue weighted by molar-refractivity contribution is 0.102. The van der Waals surface area contributed by atoms with Crippen LogP contribution in [0.15, 0.2) is 42.6 Å². The highest BCUT2D eigenvalue weighted by Gasteiger charge is 2.11. The lowest BCUT2D eigenvalue weighted by atomic mass is 10.1. The van der Waals surface area contributed by atoms with E-state index >= 15 is 0 Å². The molecule has 0 unspecified atom stereocenters. The number of nitrogens with zero attached hydrogens (tertiary/aromatic N) is 1. The van der Waals surface area contributed by atoms with Gasteiger partial charge in [0.1, 0.15) is 5.75 Å². The summed E-state index contributed by atoms with van der Waals surface area (Å²) in [6, 6.07) is 11.0. The maximum absolute atomic E-state index is 12.4. The van der Waals surface area contributed by atoms with Crippen molar-refractivity contribution in [1.82, 2.24) is 10.2 Å². The Morgan fingerprint density at radius 2 is 2.14 bits per heavy atom. The summed E-state index contributed by atoms with van der Waals surface area (Å²) in [6.07, 6.45) is 1.72. The van der Waals surface area contributed by atoms with Crippen LogP contribution in [0.2, 0.25) is 0 Å². The van der Waals surface area contributed by atoms with Crippen LogP contribution in [0.5, 0.6) is 5.75 Å². The molecule has 5 nitrogen and oxygen atoms in total. The molecule has 0 aliphatic heterocycles. The minimum atomic E-state index is -0.185. The number of fused-ring (bicyclic) bond motifs is 1. The molecule has 106 valence electrons. The molecule has 1 aromatic heterocycles. The van der Waals surface area contributed by atoms with E-state index in [0.29, 0.717) is 17.0 Å². The van der Waals surface area contributed by atoms with Gasteiger partial charge in [-0.05, 0) is 30.7 Å². The van der Waals surface area contributed by atoms with Gasteiger partial charge in [0.15, 0.2) is 0 Å². The number of hydrogen-bond donors (Lipinski definition) is 2. The number of hydrogen-bond acceptors (Lipinski definition) is 3. The van der Waals surface area contributed by atoms with E-state index in [0.717, 1.165) is 16.5 Å². The second-order valence-electron chi connectivity index (χ2n) is 4.78. The Hall–Kier alpha value is -2.82. The number of amides is 1. The van der Waals surface area contributed by atoms with Crippen LogP contribution in [-0.4, -0.2) is 23.2 Å². The highest BCUT2D eigenvalue weighted by Crippen LogP contribution is 2.23. The van der Waals surface area contributed by atoms with Crippen molar-refractivity contribution in [1.29, 1.82) is 0 Å². The van der Waals surface area contributed by atoms with Crippen LogP contribution in [0.1, 0.15) is 15.9 Å². The van der Waals surface area contributed by atoms with Crippen molar-refractivity contribution in [3.05, 3.63) is 53.7 Å². The van der Waals surface area contributed by atoms with Crippen molar-refractivity contribution >= 4 is 22.5 Å². The fraction of sp³-hybridized carbons (Fsp3) is 0.125. The summed E-state index contributed by atoms with van der Waals surface area (Å²) < 4.78 is 5.25. The van der Waals surface area contributed by atoms with Gasteiger partial charge in [0.2, 0.25) is 0 Å². The zero-order valence-electron chi connectivity index (χ0n) is 11.8. The van der Waals surface area contributed by atoms with E-state index in [4.69, 9.17) is 4.74 Å². The van der Waals surface area contributed by atoms with E-state index in [-0.39, 0.29) is 5.91 Å². The number of nitrogens with one attached hydrogen (secondary N) is 2. The lowest BCUT2D eigenvalue weighted by Gasteiger charge is -2.09. The van der Waals surface area contributed by atoms with Gasteiger partial charge in [-0.25, -0.2) is 0 Å². The fourth-order valence-electron chi connectivity index (χ4n) is 2.23. The molecule has 0 radical (unpaired) electrons. The van der Waals surface area contributed by atoms with E-state index < -0.39 is 0 Å². The summed E-state index contributed by atoms with van der Waals surface area (Å²) in [7, 11) is 1.59. The van der Waals surface area contributed by atoms with E-state index in [1.807, 2.05) is 31.2 Å². The summed E-state index contributed by atoms with van der Waals surface area (Å²) in [5.74, 6) is 0.512. The maximum atomic E-state index is 12.4. The molecule has 3 aromatic rings. The molecule has 0 spiro atoms. The zero-order chi connectivity index (χ0) is 14.8. The number of carbonyl (C=O) groups excluding carboxylic acids is 1. The van der Waals surface area contributed by atoms with Gasteiger partial charge in [-0.1, -0.05) is 18.2 Å². The minimum Gasteiger partial charge on any atom is -0.496 e. The number of carbonyl (C=O) groups is 1.